The molecule has 1 aromatic heterocycles. The van der Waals surface area contributed by atoms with Crippen LogP contribution in [0.25, 0.3) is 10.4 Å². The van der Waals surface area contributed by atoms with Crippen LogP contribution in [0.3, 0.4) is 0 Å². The first-order chi connectivity index (χ1) is 20.5. The van der Waals surface area contributed by atoms with Crippen molar-refractivity contribution in [2.45, 2.75) is 71.3 Å². The number of aromatic nitrogens is 1. The summed E-state index contributed by atoms with van der Waals surface area (Å²) >= 11 is 1.57. The summed E-state index contributed by atoms with van der Waals surface area (Å²) in [5.74, 6) is -1.36. The van der Waals surface area contributed by atoms with Crippen molar-refractivity contribution in [2.75, 3.05) is 6.54 Å². The van der Waals surface area contributed by atoms with E-state index < -0.39 is 41.5 Å². The van der Waals surface area contributed by atoms with Crippen molar-refractivity contribution in [2.24, 2.45) is 5.41 Å². The van der Waals surface area contributed by atoms with Gasteiger partial charge in [-0.15, -0.1) is 11.3 Å². The lowest BCUT2D eigenvalue weighted by molar-refractivity contribution is -0.144. The molecule has 4 rings (SSSR count). The second-order valence-corrected chi connectivity index (χ2v) is 12.8. The Balaban J connectivity index is 1.43. The molecular weight excluding hydrogens is 566 g/mol. The van der Waals surface area contributed by atoms with E-state index in [-0.39, 0.29) is 31.8 Å². The van der Waals surface area contributed by atoms with E-state index in [9.17, 15) is 24.3 Å². The van der Waals surface area contributed by atoms with Gasteiger partial charge >= 0.3 is 0 Å². The molecule has 2 aromatic carbocycles. The second-order valence-electron chi connectivity index (χ2n) is 11.9. The average Bonchev–Trinajstić information content (AvgIpc) is 3.59. The molecule has 0 spiro atoms. The number of nitrogens with zero attached hydrogens (tertiary/aromatic N) is 2. The molecule has 0 radical (unpaired) electrons. The van der Waals surface area contributed by atoms with Gasteiger partial charge in [0.2, 0.25) is 24.1 Å². The fourth-order valence-electron chi connectivity index (χ4n) is 5.18. The van der Waals surface area contributed by atoms with Crippen LogP contribution in [0.1, 0.15) is 44.0 Å². The number of hydrogen-bond donors (Lipinski definition) is 4. The highest BCUT2D eigenvalue weighted by Gasteiger charge is 2.44. The number of carbonyl (C=O) groups is 4. The highest BCUT2D eigenvalue weighted by molar-refractivity contribution is 7.13. The van der Waals surface area contributed by atoms with E-state index in [0.29, 0.717) is 6.41 Å². The van der Waals surface area contributed by atoms with E-state index in [1.165, 1.54) is 4.90 Å². The monoisotopic (exact) mass is 605 g/mol. The normalized spacial score (nSPS) is 18.0. The van der Waals surface area contributed by atoms with E-state index in [4.69, 9.17) is 0 Å². The van der Waals surface area contributed by atoms with Crippen molar-refractivity contribution in [1.82, 2.24) is 25.8 Å². The third-order valence-electron chi connectivity index (χ3n) is 7.56. The summed E-state index contributed by atoms with van der Waals surface area (Å²) in [6.07, 6.45) is -0.0726. The van der Waals surface area contributed by atoms with Crippen LogP contribution in [0.4, 0.5) is 0 Å². The Bertz CT molecular complexity index is 1420. The SMILES string of the molecule is Cc1ncsc1-c1ccc(CNC(=O)C2C[C@@H](O)CN2C(=O)[C@@H](NC(=O)C(Cc2ccccc2)NC=O)C(C)(C)C)cc1. The lowest BCUT2D eigenvalue weighted by Gasteiger charge is -2.36. The third-order valence-corrected chi connectivity index (χ3v) is 8.54. The first-order valence-electron chi connectivity index (χ1n) is 14.3. The number of aryl methyl sites for hydroxylation is 1. The number of aliphatic hydroxyl groups excluding tert-OH is 1. The minimum Gasteiger partial charge on any atom is -0.391 e. The Morgan fingerprint density at radius 1 is 1.09 bits per heavy atom. The number of aliphatic hydroxyl groups is 1. The number of β-amino-alcohol motifs (C(OH)–C–C–N with tert-alkyl or cyclic N) is 1. The first kappa shape index (κ1) is 31.8. The average molecular weight is 606 g/mol. The van der Waals surface area contributed by atoms with E-state index in [2.05, 4.69) is 20.9 Å². The number of amides is 4. The van der Waals surface area contributed by atoms with E-state index in [1.54, 1.807) is 11.3 Å². The molecule has 1 fully saturated rings. The van der Waals surface area contributed by atoms with Crippen molar-refractivity contribution in [3.8, 4) is 10.4 Å². The summed E-state index contributed by atoms with van der Waals surface area (Å²) in [6, 6.07) is 14.3. The van der Waals surface area contributed by atoms with Crippen LogP contribution in [-0.4, -0.2) is 69.9 Å². The lowest BCUT2D eigenvalue weighted by Crippen LogP contribution is -2.60. The minimum absolute atomic E-state index is 0.0255. The van der Waals surface area contributed by atoms with Gasteiger partial charge in [0.05, 0.1) is 22.2 Å². The van der Waals surface area contributed by atoms with Gasteiger partial charge in [0.1, 0.15) is 18.1 Å². The molecule has 4 amide bonds. The molecule has 3 aromatic rings. The molecule has 2 unspecified atom stereocenters. The van der Waals surface area contributed by atoms with Gasteiger partial charge in [0, 0.05) is 25.9 Å². The molecule has 1 saturated heterocycles. The van der Waals surface area contributed by atoms with Crippen molar-refractivity contribution in [1.29, 1.82) is 0 Å². The minimum atomic E-state index is -1.00. The number of benzene rings is 2. The van der Waals surface area contributed by atoms with E-state index >= 15 is 0 Å². The maximum absolute atomic E-state index is 13.9. The number of carbonyl (C=O) groups excluding carboxylic acids is 4. The first-order valence-corrected chi connectivity index (χ1v) is 15.2. The fourth-order valence-corrected chi connectivity index (χ4v) is 5.99. The zero-order chi connectivity index (χ0) is 31.1. The summed E-state index contributed by atoms with van der Waals surface area (Å²) in [5.41, 5.74) is 4.84. The summed E-state index contributed by atoms with van der Waals surface area (Å²) in [5, 5.41) is 18.7. The van der Waals surface area contributed by atoms with Crippen LogP contribution >= 0.6 is 11.3 Å². The summed E-state index contributed by atoms with van der Waals surface area (Å²) in [6.45, 7) is 7.64. The standard InChI is InChI=1S/C32H39N5O5S/c1-20-27(43-19-35-20)23-12-10-22(11-13-23)16-33-30(41)26-15-24(39)17-37(26)31(42)28(32(2,3)4)36-29(40)25(34-18-38)14-21-8-6-5-7-9-21/h5-13,18-19,24-26,28,39H,14-17H2,1-4H3,(H,33,41)(H,34,38)(H,36,40)/t24-,25?,26?,28-/m1/s1. The Labute approximate surface area is 255 Å². The third kappa shape index (κ3) is 8.05. The number of nitrogens with one attached hydrogen (secondary N) is 3. The topological polar surface area (TPSA) is 141 Å². The van der Waals surface area contributed by atoms with Crippen LogP contribution < -0.4 is 16.0 Å². The highest BCUT2D eigenvalue weighted by Crippen LogP contribution is 2.28. The predicted octanol–water partition coefficient (Wildman–Crippen LogP) is 2.58. The quantitative estimate of drug-likeness (QED) is 0.248. The van der Waals surface area contributed by atoms with Crippen molar-refractivity contribution in [3.63, 3.8) is 0 Å². The van der Waals surface area contributed by atoms with Crippen LogP contribution in [0.15, 0.2) is 60.1 Å². The zero-order valence-corrected chi connectivity index (χ0v) is 25.7. The van der Waals surface area contributed by atoms with E-state index in [1.807, 2.05) is 87.8 Å². The summed E-state index contributed by atoms with van der Waals surface area (Å²) in [4.78, 5) is 58.6. The maximum atomic E-state index is 13.9. The molecule has 2 heterocycles. The van der Waals surface area contributed by atoms with Crippen molar-refractivity contribution >= 4 is 35.5 Å². The maximum Gasteiger partial charge on any atom is 0.246 e. The van der Waals surface area contributed by atoms with Gasteiger partial charge in [-0.3, -0.25) is 19.2 Å². The van der Waals surface area contributed by atoms with Gasteiger partial charge in [-0.25, -0.2) is 4.98 Å². The molecule has 10 nitrogen and oxygen atoms in total. The van der Waals surface area contributed by atoms with Crippen LogP contribution in [0, 0.1) is 12.3 Å². The molecular formula is C32H39N5O5S. The Morgan fingerprint density at radius 3 is 2.40 bits per heavy atom. The molecule has 0 aliphatic carbocycles. The van der Waals surface area contributed by atoms with Gasteiger partial charge in [0.15, 0.2) is 0 Å². The van der Waals surface area contributed by atoms with Gasteiger partial charge in [-0.1, -0.05) is 75.4 Å². The second kappa shape index (κ2) is 13.9. The van der Waals surface area contributed by atoms with Crippen LogP contribution in [0.2, 0.25) is 0 Å². The molecule has 1 aliphatic heterocycles. The van der Waals surface area contributed by atoms with Gasteiger partial charge < -0.3 is 26.0 Å². The number of likely N-dealkylation sites (tertiary alicyclic amines) is 1. The molecule has 0 saturated carbocycles. The molecule has 1 aliphatic rings. The van der Waals surface area contributed by atoms with E-state index in [0.717, 1.165) is 27.3 Å². The smallest absolute Gasteiger partial charge is 0.246 e. The Morgan fingerprint density at radius 2 is 1.79 bits per heavy atom. The molecule has 43 heavy (non-hydrogen) atoms. The summed E-state index contributed by atoms with van der Waals surface area (Å²) in [7, 11) is 0. The Hall–Kier alpha value is -4.09. The Kier molecular flexibility index (Phi) is 10.3. The van der Waals surface area contributed by atoms with Crippen LogP contribution in [0.5, 0.6) is 0 Å². The van der Waals surface area contributed by atoms with Crippen LogP contribution in [-0.2, 0) is 32.1 Å². The number of thiazole rings is 1. The molecule has 0 bridgehead atoms. The zero-order valence-electron chi connectivity index (χ0n) is 24.9. The molecule has 228 valence electrons. The molecule has 11 heteroatoms. The lowest BCUT2D eigenvalue weighted by atomic mass is 9.85. The van der Waals surface area contributed by atoms with Crippen molar-refractivity contribution in [3.05, 3.63) is 76.9 Å². The van der Waals surface area contributed by atoms with Gasteiger partial charge in [-0.05, 0) is 29.0 Å². The highest BCUT2D eigenvalue weighted by atomic mass is 32.1. The predicted molar refractivity (Wildman–Crippen MR) is 165 cm³/mol. The fraction of sp³-hybridized carbons (Fsp3) is 0.406. The molecule has 4 N–H and O–H groups in total. The largest absolute Gasteiger partial charge is 0.391 e. The molecule has 4 atom stereocenters. The van der Waals surface area contributed by atoms with Gasteiger partial charge in [0.25, 0.3) is 0 Å². The van der Waals surface area contributed by atoms with Gasteiger partial charge in [-0.2, -0.15) is 0 Å². The number of hydrogen-bond acceptors (Lipinski definition) is 7. The summed E-state index contributed by atoms with van der Waals surface area (Å²) < 4.78 is 0. The van der Waals surface area contributed by atoms with Crippen molar-refractivity contribution < 1.29 is 24.3 Å². The number of rotatable bonds is 11.